The summed E-state index contributed by atoms with van der Waals surface area (Å²) in [5.41, 5.74) is 2.90. The van der Waals surface area contributed by atoms with Gasteiger partial charge in [-0.3, -0.25) is 0 Å². The Kier molecular flexibility index (Phi) is 5.60. The van der Waals surface area contributed by atoms with Crippen LogP contribution in [0.4, 0.5) is 0 Å². The lowest BCUT2D eigenvalue weighted by atomic mass is 10.2. The summed E-state index contributed by atoms with van der Waals surface area (Å²) in [7, 11) is 0. The molecule has 0 fully saturated rings. The van der Waals surface area contributed by atoms with Gasteiger partial charge in [-0.15, -0.1) is 11.8 Å². The normalized spacial score (nSPS) is 10.2. The van der Waals surface area contributed by atoms with E-state index in [4.69, 9.17) is 5.26 Å². The van der Waals surface area contributed by atoms with Gasteiger partial charge in [0.25, 0.3) is 0 Å². The summed E-state index contributed by atoms with van der Waals surface area (Å²) in [5.74, 6) is 0.849. The van der Waals surface area contributed by atoms with Gasteiger partial charge in [0.05, 0.1) is 0 Å². The number of benzene rings is 1. The SMILES string of the molecule is CCNCc1cccc(SCc2ccnc(C#N)c2)c1. The van der Waals surface area contributed by atoms with Crippen LogP contribution in [-0.2, 0) is 12.3 Å². The summed E-state index contributed by atoms with van der Waals surface area (Å²) >= 11 is 1.78. The Morgan fingerprint density at radius 1 is 1.25 bits per heavy atom. The zero-order chi connectivity index (χ0) is 14.2. The first kappa shape index (κ1) is 14.6. The van der Waals surface area contributed by atoms with E-state index in [-0.39, 0.29) is 0 Å². The molecule has 0 atom stereocenters. The highest BCUT2D eigenvalue weighted by Gasteiger charge is 2.00. The third-order valence-corrected chi connectivity index (χ3v) is 3.89. The molecule has 0 aliphatic heterocycles. The van der Waals surface area contributed by atoms with Gasteiger partial charge >= 0.3 is 0 Å². The Hall–Kier alpha value is -1.83. The van der Waals surface area contributed by atoms with Gasteiger partial charge in [0, 0.05) is 23.4 Å². The molecule has 3 nitrogen and oxygen atoms in total. The van der Waals surface area contributed by atoms with Gasteiger partial charge in [0.1, 0.15) is 11.8 Å². The molecule has 0 aliphatic carbocycles. The summed E-state index contributed by atoms with van der Waals surface area (Å²) in [6.07, 6.45) is 1.69. The predicted octanol–water partition coefficient (Wildman–Crippen LogP) is 3.36. The molecule has 20 heavy (non-hydrogen) atoms. The van der Waals surface area contributed by atoms with Crippen LogP contribution < -0.4 is 5.32 Å². The molecular formula is C16H17N3S. The van der Waals surface area contributed by atoms with E-state index in [2.05, 4.69) is 47.6 Å². The smallest absolute Gasteiger partial charge is 0.140 e. The Bertz CT molecular complexity index is 605. The maximum Gasteiger partial charge on any atom is 0.140 e. The molecule has 2 aromatic rings. The molecule has 1 N–H and O–H groups in total. The van der Waals surface area contributed by atoms with E-state index in [0.29, 0.717) is 5.69 Å². The number of nitriles is 1. The second-order valence-electron chi connectivity index (χ2n) is 4.38. The van der Waals surface area contributed by atoms with Crippen LogP contribution >= 0.6 is 11.8 Å². The Morgan fingerprint density at radius 3 is 2.95 bits per heavy atom. The third-order valence-electron chi connectivity index (χ3n) is 2.82. The van der Waals surface area contributed by atoms with Crippen LogP contribution in [0.15, 0.2) is 47.5 Å². The molecule has 0 spiro atoms. The molecule has 2 rings (SSSR count). The van der Waals surface area contributed by atoms with Crippen LogP contribution in [0, 0.1) is 11.3 Å². The van der Waals surface area contributed by atoms with Crippen molar-refractivity contribution in [3.05, 3.63) is 59.4 Å². The zero-order valence-corrected chi connectivity index (χ0v) is 12.3. The Labute approximate surface area is 124 Å². The number of aromatic nitrogens is 1. The lowest BCUT2D eigenvalue weighted by Gasteiger charge is -2.06. The highest BCUT2D eigenvalue weighted by atomic mass is 32.2. The highest BCUT2D eigenvalue weighted by molar-refractivity contribution is 7.98. The van der Waals surface area contributed by atoms with E-state index in [1.54, 1.807) is 18.0 Å². The third kappa shape index (κ3) is 4.37. The van der Waals surface area contributed by atoms with Gasteiger partial charge in [-0.2, -0.15) is 5.26 Å². The van der Waals surface area contributed by atoms with E-state index in [1.807, 2.05) is 12.1 Å². The van der Waals surface area contributed by atoms with Gasteiger partial charge in [-0.1, -0.05) is 19.1 Å². The largest absolute Gasteiger partial charge is 0.313 e. The molecule has 4 heteroatoms. The first-order valence-electron chi connectivity index (χ1n) is 6.59. The molecule has 0 saturated heterocycles. The monoisotopic (exact) mass is 283 g/mol. The number of nitrogens with one attached hydrogen (secondary N) is 1. The van der Waals surface area contributed by atoms with Crippen molar-refractivity contribution in [1.82, 2.24) is 10.3 Å². The fourth-order valence-electron chi connectivity index (χ4n) is 1.81. The van der Waals surface area contributed by atoms with Crippen LogP contribution in [0.25, 0.3) is 0 Å². The van der Waals surface area contributed by atoms with Crippen molar-refractivity contribution in [2.45, 2.75) is 24.1 Å². The van der Waals surface area contributed by atoms with E-state index < -0.39 is 0 Å². The Morgan fingerprint density at radius 2 is 2.15 bits per heavy atom. The minimum atomic E-state index is 0.476. The van der Waals surface area contributed by atoms with Gasteiger partial charge in [-0.25, -0.2) is 4.98 Å². The predicted molar refractivity (Wildman–Crippen MR) is 82.3 cm³/mol. The average molecular weight is 283 g/mol. The van der Waals surface area contributed by atoms with Crippen molar-refractivity contribution < 1.29 is 0 Å². The molecule has 0 aliphatic rings. The first-order valence-corrected chi connectivity index (χ1v) is 7.58. The van der Waals surface area contributed by atoms with E-state index in [0.717, 1.165) is 24.4 Å². The fourth-order valence-corrected chi connectivity index (χ4v) is 2.73. The molecule has 0 radical (unpaired) electrons. The first-order chi connectivity index (χ1) is 9.81. The number of thioether (sulfide) groups is 1. The molecule has 0 bridgehead atoms. The van der Waals surface area contributed by atoms with Crippen LogP contribution in [-0.4, -0.2) is 11.5 Å². The second-order valence-corrected chi connectivity index (χ2v) is 5.43. The summed E-state index contributed by atoms with van der Waals surface area (Å²) in [6, 6.07) is 14.4. The van der Waals surface area contributed by atoms with Crippen molar-refractivity contribution in [3.8, 4) is 6.07 Å². The number of nitrogens with zero attached hydrogens (tertiary/aromatic N) is 2. The van der Waals surface area contributed by atoms with E-state index >= 15 is 0 Å². The van der Waals surface area contributed by atoms with E-state index in [1.165, 1.54) is 10.5 Å². The van der Waals surface area contributed by atoms with Gasteiger partial charge in [0.2, 0.25) is 0 Å². The number of hydrogen-bond donors (Lipinski definition) is 1. The molecule has 1 aromatic carbocycles. The number of pyridine rings is 1. The van der Waals surface area contributed by atoms with Crippen LogP contribution in [0.2, 0.25) is 0 Å². The lowest BCUT2D eigenvalue weighted by molar-refractivity contribution is 0.725. The van der Waals surface area contributed by atoms with Crippen LogP contribution in [0.3, 0.4) is 0 Å². The van der Waals surface area contributed by atoms with Crippen molar-refractivity contribution in [2.24, 2.45) is 0 Å². The van der Waals surface area contributed by atoms with Crippen molar-refractivity contribution in [1.29, 1.82) is 5.26 Å². The fraction of sp³-hybridized carbons (Fsp3) is 0.250. The van der Waals surface area contributed by atoms with E-state index in [9.17, 15) is 0 Å². The summed E-state index contributed by atoms with van der Waals surface area (Å²) in [6.45, 7) is 3.98. The van der Waals surface area contributed by atoms with Crippen molar-refractivity contribution >= 4 is 11.8 Å². The highest BCUT2D eigenvalue weighted by Crippen LogP contribution is 2.23. The average Bonchev–Trinajstić information content (AvgIpc) is 2.51. The molecule has 1 heterocycles. The Balaban J connectivity index is 1.98. The minimum Gasteiger partial charge on any atom is -0.313 e. The van der Waals surface area contributed by atoms with Gasteiger partial charge < -0.3 is 5.32 Å². The van der Waals surface area contributed by atoms with Crippen molar-refractivity contribution in [2.75, 3.05) is 6.54 Å². The number of rotatable bonds is 6. The molecule has 0 unspecified atom stereocenters. The standard InChI is InChI=1S/C16H17N3S/c1-2-18-11-13-4-3-5-16(9-13)20-12-14-6-7-19-15(8-14)10-17/h3-9,18H,2,11-12H2,1H3. The molecule has 0 saturated carbocycles. The maximum atomic E-state index is 8.84. The van der Waals surface area contributed by atoms with Gasteiger partial charge in [0.15, 0.2) is 0 Å². The summed E-state index contributed by atoms with van der Waals surface area (Å²) in [4.78, 5) is 5.23. The lowest BCUT2D eigenvalue weighted by Crippen LogP contribution is -2.11. The maximum absolute atomic E-state index is 8.84. The summed E-state index contributed by atoms with van der Waals surface area (Å²) < 4.78 is 0. The minimum absolute atomic E-state index is 0.476. The molecule has 102 valence electrons. The van der Waals surface area contributed by atoms with Gasteiger partial charge in [-0.05, 0) is 41.9 Å². The van der Waals surface area contributed by atoms with Crippen LogP contribution in [0.5, 0.6) is 0 Å². The molecular weight excluding hydrogens is 266 g/mol. The quantitative estimate of drug-likeness (QED) is 0.826. The summed E-state index contributed by atoms with van der Waals surface area (Å²) in [5, 5.41) is 12.2. The van der Waals surface area contributed by atoms with Crippen molar-refractivity contribution in [3.63, 3.8) is 0 Å². The second kappa shape index (κ2) is 7.68. The molecule has 0 amide bonds. The topological polar surface area (TPSA) is 48.7 Å². The van der Waals surface area contributed by atoms with Crippen LogP contribution in [0.1, 0.15) is 23.7 Å². The number of hydrogen-bond acceptors (Lipinski definition) is 4. The zero-order valence-electron chi connectivity index (χ0n) is 11.5. The molecule has 1 aromatic heterocycles.